The van der Waals surface area contributed by atoms with Gasteiger partial charge < -0.3 is 9.80 Å². The van der Waals surface area contributed by atoms with Crippen LogP contribution in [0.4, 0.5) is 5.13 Å². The fraction of sp³-hybridized carbons (Fsp3) is 0.750. The van der Waals surface area contributed by atoms with Crippen LogP contribution in [0.3, 0.4) is 0 Å². The number of anilines is 1. The van der Waals surface area contributed by atoms with Crippen molar-refractivity contribution >= 4 is 21.4 Å². The van der Waals surface area contributed by atoms with Gasteiger partial charge in [0.2, 0.25) is 10.1 Å². The molecule has 2 aliphatic heterocycles. The number of rotatable bonds is 5. The van der Waals surface area contributed by atoms with Crippen molar-refractivity contribution in [2.45, 2.75) is 52.4 Å². The van der Waals surface area contributed by atoms with E-state index in [1.165, 1.54) is 49.8 Å². The van der Waals surface area contributed by atoms with Crippen molar-refractivity contribution in [1.29, 1.82) is 0 Å². The lowest BCUT2D eigenvalue weighted by Crippen LogP contribution is -2.43. The molecule has 0 bridgehead atoms. The third-order valence-corrected chi connectivity index (χ3v) is 6.94. The highest BCUT2D eigenvalue weighted by Crippen LogP contribution is 2.28. The van der Waals surface area contributed by atoms with Crippen molar-refractivity contribution in [3.63, 3.8) is 0 Å². The van der Waals surface area contributed by atoms with Crippen LogP contribution in [0.5, 0.6) is 0 Å². The molecule has 1 atom stereocenters. The lowest BCUT2D eigenvalue weighted by atomic mass is 9.94. The topological polar surface area (TPSA) is 53.7 Å². The average molecular weight is 390 g/mol. The molecular weight excluding hydrogens is 358 g/mol. The standard InChI is InChI=1S/C20H31N5OS/c1-3-5-17-12-18(26)25-19(21-17)27-20(22-25)24-9-4-6-16(14-24)13-23-10-7-15(2)8-11-23/h12,15-16H,3-11,13-14H2,1-2H3. The number of aryl methyl sites for hydroxylation is 1. The molecular formula is C20H31N5OS. The summed E-state index contributed by atoms with van der Waals surface area (Å²) in [4.78, 5) is 22.8. The lowest BCUT2D eigenvalue weighted by Gasteiger charge is -2.37. The third kappa shape index (κ3) is 4.35. The van der Waals surface area contributed by atoms with Crippen molar-refractivity contribution < 1.29 is 0 Å². The second-order valence-electron chi connectivity index (χ2n) is 8.35. The van der Waals surface area contributed by atoms with Crippen molar-refractivity contribution in [2.75, 3.05) is 37.6 Å². The fourth-order valence-corrected chi connectivity index (χ4v) is 5.32. The van der Waals surface area contributed by atoms with Crippen LogP contribution in [0.1, 0.15) is 51.6 Å². The minimum absolute atomic E-state index is 0.0538. The molecule has 4 heterocycles. The van der Waals surface area contributed by atoms with Gasteiger partial charge in [0.25, 0.3) is 5.56 Å². The molecule has 2 aliphatic rings. The molecule has 0 radical (unpaired) electrons. The maximum absolute atomic E-state index is 12.4. The maximum Gasteiger partial charge on any atom is 0.275 e. The van der Waals surface area contributed by atoms with E-state index in [1.54, 1.807) is 17.4 Å². The molecule has 6 nitrogen and oxygen atoms in total. The molecule has 0 spiro atoms. The molecule has 0 aliphatic carbocycles. The molecule has 0 saturated carbocycles. The summed E-state index contributed by atoms with van der Waals surface area (Å²) in [5.74, 6) is 1.58. The molecule has 4 rings (SSSR count). The number of hydrogen-bond donors (Lipinski definition) is 0. The van der Waals surface area contributed by atoms with E-state index in [1.807, 2.05) is 0 Å². The summed E-state index contributed by atoms with van der Waals surface area (Å²) < 4.78 is 1.48. The van der Waals surface area contributed by atoms with Crippen LogP contribution in [0, 0.1) is 11.8 Å². The quantitative estimate of drug-likeness (QED) is 0.787. The lowest BCUT2D eigenvalue weighted by molar-refractivity contribution is 0.159. The van der Waals surface area contributed by atoms with E-state index in [0.717, 1.165) is 47.6 Å². The van der Waals surface area contributed by atoms with E-state index in [-0.39, 0.29) is 5.56 Å². The molecule has 7 heteroatoms. The minimum Gasteiger partial charge on any atom is -0.346 e. The largest absolute Gasteiger partial charge is 0.346 e. The van der Waals surface area contributed by atoms with Gasteiger partial charge in [0.1, 0.15) is 0 Å². The Labute approximate surface area is 165 Å². The van der Waals surface area contributed by atoms with Crippen molar-refractivity contribution in [3.8, 4) is 0 Å². The van der Waals surface area contributed by atoms with E-state index >= 15 is 0 Å². The first kappa shape index (κ1) is 18.9. The Morgan fingerprint density at radius 1 is 1.22 bits per heavy atom. The van der Waals surface area contributed by atoms with Crippen molar-refractivity contribution in [3.05, 3.63) is 22.1 Å². The van der Waals surface area contributed by atoms with Gasteiger partial charge in [0.15, 0.2) is 0 Å². The van der Waals surface area contributed by atoms with E-state index in [2.05, 4.69) is 33.7 Å². The molecule has 2 aromatic rings. The highest BCUT2D eigenvalue weighted by Gasteiger charge is 2.26. The zero-order chi connectivity index (χ0) is 18.8. The van der Waals surface area contributed by atoms with E-state index in [0.29, 0.717) is 5.92 Å². The van der Waals surface area contributed by atoms with Gasteiger partial charge in [-0.15, -0.1) is 5.10 Å². The van der Waals surface area contributed by atoms with Gasteiger partial charge in [-0.2, -0.15) is 4.52 Å². The Hall–Kier alpha value is -1.47. The second kappa shape index (κ2) is 8.27. The molecule has 2 aromatic heterocycles. The smallest absolute Gasteiger partial charge is 0.275 e. The Morgan fingerprint density at radius 3 is 2.81 bits per heavy atom. The number of fused-ring (bicyclic) bond motifs is 1. The summed E-state index contributed by atoms with van der Waals surface area (Å²) in [5.41, 5.74) is 0.829. The predicted molar refractivity (Wildman–Crippen MR) is 111 cm³/mol. The number of hydrogen-bond acceptors (Lipinski definition) is 6. The molecule has 0 amide bonds. The SMILES string of the molecule is CCCc1cc(=O)n2nc(N3CCCC(CN4CCC(C)CC4)C3)sc2n1. The second-order valence-corrected chi connectivity index (χ2v) is 9.29. The van der Waals surface area contributed by atoms with Gasteiger partial charge in [0.05, 0.1) is 0 Å². The zero-order valence-corrected chi connectivity index (χ0v) is 17.4. The summed E-state index contributed by atoms with van der Waals surface area (Å²) in [6, 6.07) is 1.64. The van der Waals surface area contributed by atoms with Crippen LogP contribution in [0.2, 0.25) is 0 Å². The predicted octanol–water partition coefficient (Wildman–Crippen LogP) is 3.05. The van der Waals surface area contributed by atoms with Crippen LogP contribution < -0.4 is 10.5 Å². The number of piperidine rings is 2. The van der Waals surface area contributed by atoms with Crippen molar-refractivity contribution in [2.24, 2.45) is 11.8 Å². The molecule has 1 unspecified atom stereocenters. The Morgan fingerprint density at radius 2 is 2.04 bits per heavy atom. The molecule has 0 aromatic carbocycles. The molecule has 2 saturated heterocycles. The summed E-state index contributed by atoms with van der Waals surface area (Å²) >= 11 is 1.56. The van der Waals surface area contributed by atoms with Crippen LogP contribution in [-0.2, 0) is 6.42 Å². The maximum atomic E-state index is 12.4. The molecule has 0 N–H and O–H groups in total. The van der Waals surface area contributed by atoms with E-state index < -0.39 is 0 Å². The molecule has 2 fully saturated rings. The first-order valence-corrected chi connectivity index (χ1v) is 11.3. The van der Waals surface area contributed by atoms with Gasteiger partial charge >= 0.3 is 0 Å². The highest BCUT2D eigenvalue weighted by atomic mass is 32.1. The van der Waals surface area contributed by atoms with Crippen molar-refractivity contribution in [1.82, 2.24) is 19.5 Å². The summed E-state index contributed by atoms with van der Waals surface area (Å²) in [6.07, 6.45) is 7.02. The summed E-state index contributed by atoms with van der Waals surface area (Å²) in [6.45, 7) is 10.3. The number of aromatic nitrogens is 3. The minimum atomic E-state index is -0.0538. The fourth-order valence-electron chi connectivity index (χ4n) is 4.36. The summed E-state index contributed by atoms with van der Waals surface area (Å²) in [7, 11) is 0. The van der Waals surface area contributed by atoms with Crippen LogP contribution in [0.25, 0.3) is 4.96 Å². The highest BCUT2D eigenvalue weighted by molar-refractivity contribution is 7.20. The van der Waals surface area contributed by atoms with E-state index in [9.17, 15) is 4.79 Å². The van der Waals surface area contributed by atoms with Gasteiger partial charge in [0, 0.05) is 31.4 Å². The number of nitrogens with zero attached hydrogens (tertiary/aromatic N) is 5. The van der Waals surface area contributed by atoms with Gasteiger partial charge in [-0.05, 0) is 57.0 Å². The molecule has 148 valence electrons. The van der Waals surface area contributed by atoms with Crippen LogP contribution in [0.15, 0.2) is 10.9 Å². The van der Waals surface area contributed by atoms with E-state index in [4.69, 9.17) is 0 Å². The van der Waals surface area contributed by atoms with Gasteiger partial charge in [-0.3, -0.25) is 4.79 Å². The molecule has 27 heavy (non-hydrogen) atoms. The Bertz CT molecular complexity index is 823. The Balaban J connectivity index is 1.46. The first-order valence-electron chi connectivity index (χ1n) is 10.5. The van der Waals surface area contributed by atoms with Gasteiger partial charge in [-0.25, -0.2) is 4.98 Å². The zero-order valence-electron chi connectivity index (χ0n) is 16.6. The van der Waals surface area contributed by atoms with Gasteiger partial charge in [-0.1, -0.05) is 31.6 Å². The first-order chi connectivity index (χ1) is 13.1. The summed E-state index contributed by atoms with van der Waals surface area (Å²) in [5, 5.41) is 5.55. The normalized spacial score (nSPS) is 22.6. The number of likely N-dealkylation sites (tertiary alicyclic amines) is 1. The van der Waals surface area contributed by atoms with Crippen LogP contribution >= 0.6 is 11.3 Å². The monoisotopic (exact) mass is 389 g/mol. The Kier molecular flexibility index (Phi) is 5.78. The third-order valence-electron chi connectivity index (χ3n) is 5.98. The van der Waals surface area contributed by atoms with Crippen LogP contribution in [-0.4, -0.2) is 52.2 Å². The average Bonchev–Trinajstić information content (AvgIpc) is 3.09.